The van der Waals surface area contributed by atoms with Crippen LogP contribution in [0, 0.1) is 0 Å². The molecule has 1 aromatic heterocycles. The maximum atomic E-state index is 13.9. The first-order chi connectivity index (χ1) is 18.8. The Labute approximate surface area is 237 Å². The van der Waals surface area contributed by atoms with Gasteiger partial charge in [-0.05, 0) is 79.9 Å². The van der Waals surface area contributed by atoms with Gasteiger partial charge in [0.2, 0.25) is 0 Å². The number of thioether (sulfide) groups is 1. The molecule has 210 valence electrons. The van der Waals surface area contributed by atoms with E-state index in [0.717, 1.165) is 28.7 Å². The zero-order chi connectivity index (χ0) is 28.8. The number of H-pyrrole nitrogens is 1. The molecule has 2 amide bonds. The number of amides is 2. The van der Waals surface area contributed by atoms with Gasteiger partial charge in [0.15, 0.2) is 5.17 Å². The predicted molar refractivity (Wildman–Crippen MR) is 148 cm³/mol. The van der Waals surface area contributed by atoms with Crippen LogP contribution in [0.2, 0.25) is 5.02 Å². The first-order valence-electron chi connectivity index (χ1n) is 12.3. The minimum Gasteiger partial charge on any atom is -0.444 e. The third-order valence-corrected chi connectivity index (χ3v) is 7.66. The van der Waals surface area contributed by atoms with Crippen molar-refractivity contribution in [2.45, 2.75) is 45.0 Å². The van der Waals surface area contributed by atoms with E-state index in [1.165, 1.54) is 12.1 Å². The number of rotatable bonds is 4. The minimum atomic E-state index is -4.63. The van der Waals surface area contributed by atoms with Crippen LogP contribution in [-0.2, 0) is 22.1 Å². The van der Waals surface area contributed by atoms with E-state index in [2.05, 4.69) is 20.5 Å². The summed E-state index contributed by atoms with van der Waals surface area (Å²) in [6.45, 7) is 6.14. The summed E-state index contributed by atoms with van der Waals surface area (Å²) >= 11 is 7.00. The van der Waals surface area contributed by atoms with Crippen molar-refractivity contribution in [3.8, 4) is 0 Å². The molecule has 0 atom stereocenters. The molecular formula is C27H25ClF3N5O3S. The molecule has 5 rings (SSSR count). The van der Waals surface area contributed by atoms with Crippen LogP contribution in [0.25, 0.3) is 16.5 Å². The van der Waals surface area contributed by atoms with Gasteiger partial charge in [0.25, 0.3) is 5.91 Å². The SMILES string of the molecule is CC(C)(C)OC(=O)NC1CN(C2=NC(=O)C(=C(Cc3ccc(Cl)cc3C(F)(F)F)c3ccc4[nH]ncc4c3)S2)C1. The number of nitrogens with one attached hydrogen (secondary N) is 2. The Morgan fingerprint density at radius 2 is 1.95 bits per heavy atom. The lowest BCUT2D eigenvalue weighted by Gasteiger charge is -2.40. The van der Waals surface area contributed by atoms with Gasteiger partial charge in [-0.3, -0.25) is 9.89 Å². The highest BCUT2D eigenvalue weighted by atomic mass is 35.5. The highest BCUT2D eigenvalue weighted by molar-refractivity contribution is 8.18. The van der Waals surface area contributed by atoms with Gasteiger partial charge in [0.05, 0.1) is 28.2 Å². The van der Waals surface area contributed by atoms with Gasteiger partial charge < -0.3 is 15.0 Å². The number of carbonyl (C=O) groups excluding carboxylic acids is 2. The standard InChI is InChI=1S/C27H25ClF3N5O3S/c1-26(2,3)39-25(38)33-18-12-36(13-18)24-34-23(37)22(40-24)19(14-5-7-21-16(8-14)11-32-35-21)9-15-4-6-17(28)10-20(15)27(29,30)31/h4-8,10-11,18H,9,12-13H2,1-3H3,(H,32,35)(H,33,38). The van der Waals surface area contributed by atoms with Crippen LogP contribution in [0.5, 0.6) is 0 Å². The molecule has 40 heavy (non-hydrogen) atoms. The van der Waals surface area contributed by atoms with Crippen molar-refractivity contribution in [1.82, 2.24) is 20.4 Å². The number of aromatic nitrogens is 2. The number of fused-ring (bicyclic) bond motifs is 1. The van der Waals surface area contributed by atoms with Gasteiger partial charge in [0.1, 0.15) is 5.60 Å². The molecule has 3 heterocycles. The second-order valence-corrected chi connectivity index (χ2v) is 11.9. The number of likely N-dealkylation sites (tertiary alicyclic amines) is 1. The molecule has 1 saturated heterocycles. The number of alkyl halides is 3. The number of carbonyl (C=O) groups is 2. The van der Waals surface area contributed by atoms with Crippen LogP contribution in [0.3, 0.4) is 0 Å². The van der Waals surface area contributed by atoms with E-state index < -0.39 is 29.3 Å². The topological polar surface area (TPSA) is 99.7 Å². The first kappa shape index (κ1) is 28.0. The van der Waals surface area contributed by atoms with Crippen molar-refractivity contribution in [3.63, 3.8) is 0 Å². The summed E-state index contributed by atoms with van der Waals surface area (Å²) in [5, 5.41) is 10.8. The quantitative estimate of drug-likeness (QED) is 0.360. The Balaban J connectivity index is 1.42. The number of alkyl carbamates (subject to hydrolysis) is 1. The molecule has 2 aromatic carbocycles. The van der Waals surface area contributed by atoms with Gasteiger partial charge >= 0.3 is 12.3 Å². The number of hydrogen-bond acceptors (Lipinski definition) is 6. The third-order valence-electron chi connectivity index (χ3n) is 6.27. The summed E-state index contributed by atoms with van der Waals surface area (Å²) in [5.74, 6) is -0.534. The second kappa shape index (κ2) is 10.5. The number of halogens is 4. The number of benzene rings is 2. The Kier molecular flexibility index (Phi) is 7.34. The molecule has 0 unspecified atom stereocenters. The lowest BCUT2D eigenvalue weighted by atomic mass is 9.93. The Morgan fingerprint density at radius 3 is 2.65 bits per heavy atom. The fourth-order valence-corrected chi connectivity index (χ4v) is 5.63. The maximum Gasteiger partial charge on any atom is 0.416 e. The van der Waals surface area contributed by atoms with Crippen LogP contribution in [-0.4, -0.2) is 57.0 Å². The van der Waals surface area contributed by atoms with E-state index in [9.17, 15) is 22.8 Å². The Hall–Kier alpha value is -3.51. The molecule has 8 nitrogen and oxygen atoms in total. The van der Waals surface area contributed by atoms with E-state index in [0.29, 0.717) is 29.4 Å². The smallest absolute Gasteiger partial charge is 0.416 e. The summed E-state index contributed by atoms with van der Waals surface area (Å²) in [5.41, 5.74) is 0.238. The van der Waals surface area contributed by atoms with Gasteiger partial charge in [0, 0.05) is 23.5 Å². The van der Waals surface area contributed by atoms with Crippen molar-refractivity contribution < 1.29 is 27.5 Å². The molecule has 13 heteroatoms. The number of hydrogen-bond donors (Lipinski definition) is 2. The zero-order valence-electron chi connectivity index (χ0n) is 21.7. The molecule has 0 spiro atoms. The summed E-state index contributed by atoms with van der Waals surface area (Å²) in [4.78, 5) is 31.5. The molecule has 2 aliphatic heterocycles. The summed E-state index contributed by atoms with van der Waals surface area (Å²) in [6, 6.07) is 8.71. The summed E-state index contributed by atoms with van der Waals surface area (Å²) in [6.07, 6.45) is -3.73. The third kappa shape index (κ3) is 6.12. The normalized spacial score (nSPS) is 17.6. The number of aliphatic imine (C=N–C) groups is 1. The fraction of sp³-hybridized carbons (Fsp3) is 0.333. The molecule has 0 radical (unpaired) electrons. The van der Waals surface area contributed by atoms with Crippen LogP contribution in [0.4, 0.5) is 18.0 Å². The molecule has 1 fully saturated rings. The average Bonchev–Trinajstić information content (AvgIpc) is 3.44. The van der Waals surface area contributed by atoms with Gasteiger partial charge in [-0.2, -0.15) is 23.3 Å². The van der Waals surface area contributed by atoms with Gasteiger partial charge in [-0.1, -0.05) is 23.7 Å². The molecule has 0 saturated carbocycles. The molecule has 2 aliphatic rings. The first-order valence-corrected chi connectivity index (χ1v) is 13.5. The molecule has 3 aromatic rings. The lowest BCUT2D eigenvalue weighted by Crippen LogP contribution is -2.60. The Morgan fingerprint density at radius 1 is 1.20 bits per heavy atom. The molecule has 2 N–H and O–H groups in total. The van der Waals surface area contributed by atoms with Crippen LogP contribution < -0.4 is 5.32 Å². The van der Waals surface area contributed by atoms with Gasteiger partial charge in [-0.25, -0.2) is 4.79 Å². The van der Waals surface area contributed by atoms with Crippen molar-refractivity contribution in [2.75, 3.05) is 13.1 Å². The number of aromatic amines is 1. The van der Waals surface area contributed by atoms with Crippen molar-refractivity contribution >= 4 is 57.0 Å². The largest absolute Gasteiger partial charge is 0.444 e. The van der Waals surface area contributed by atoms with Gasteiger partial charge in [-0.15, -0.1) is 0 Å². The van der Waals surface area contributed by atoms with E-state index in [1.54, 1.807) is 45.2 Å². The van der Waals surface area contributed by atoms with Crippen LogP contribution in [0.15, 0.2) is 52.5 Å². The lowest BCUT2D eigenvalue weighted by molar-refractivity contribution is -0.138. The second-order valence-electron chi connectivity index (χ2n) is 10.5. The number of allylic oxidation sites excluding steroid dienone is 1. The molecular weight excluding hydrogens is 567 g/mol. The average molecular weight is 592 g/mol. The molecule has 0 aliphatic carbocycles. The highest BCUT2D eigenvalue weighted by Crippen LogP contribution is 2.41. The number of amidine groups is 1. The van der Waals surface area contributed by atoms with E-state index in [-0.39, 0.29) is 28.0 Å². The highest BCUT2D eigenvalue weighted by Gasteiger charge is 2.38. The summed E-state index contributed by atoms with van der Waals surface area (Å²) < 4.78 is 47.0. The Bertz CT molecular complexity index is 1550. The zero-order valence-corrected chi connectivity index (χ0v) is 23.3. The summed E-state index contributed by atoms with van der Waals surface area (Å²) in [7, 11) is 0. The van der Waals surface area contributed by atoms with E-state index in [1.807, 2.05) is 4.90 Å². The van der Waals surface area contributed by atoms with Crippen LogP contribution >= 0.6 is 23.4 Å². The van der Waals surface area contributed by atoms with E-state index in [4.69, 9.17) is 16.3 Å². The molecule has 0 bridgehead atoms. The predicted octanol–water partition coefficient (Wildman–Crippen LogP) is 6.03. The van der Waals surface area contributed by atoms with E-state index >= 15 is 0 Å². The van der Waals surface area contributed by atoms with Crippen molar-refractivity contribution in [2.24, 2.45) is 4.99 Å². The maximum absolute atomic E-state index is 13.9. The number of ether oxygens (including phenoxy) is 1. The number of nitrogens with zero attached hydrogens (tertiary/aromatic N) is 3. The fourth-order valence-electron chi connectivity index (χ4n) is 4.42. The monoisotopic (exact) mass is 591 g/mol. The van der Waals surface area contributed by atoms with Crippen molar-refractivity contribution in [1.29, 1.82) is 0 Å². The van der Waals surface area contributed by atoms with Crippen LogP contribution in [0.1, 0.15) is 37.5 Å². The minimum absolute atomic E-state index is 0.0147. The van der Waals surface area contributed by atoms with Crippen molar-refractivity contribution in [3.05, 3.63) is 69.2 Å².